The Morgan fingerprint density at radius 2 is 1.75 bits per heavy atom. The maximum Gasteiger partial charge on any atom is 0.417 e. The van der Waals surface area contributed by atoms with E-state index < -0.39 is 21.8 Å². The van der Waals surface area contributed by atoms with E-state index in [1.807, 2.05) is 0 Å². The SMILES string of the molecule is O=S(=O)(Nc1ccc(Cl)cc1)c1ccc(Cc2ncc(C(F)(F)F)cc2Cl)s1. The first kappa shape index (κ1) is 20.9. The van der Waals surface area contributed by atoms with E-state index in [0.29, 0.717) is 21.8 Å². The fourth-order valence-corrected chi connectivity index (χ4v) is 5.02. The molecule has 0 amide bonds. The van der Waals surface area contributed by atoms with Gasteiger partial charge in [-0.2, -0.15) is 13.2 Å². The smallest absolute Gasteiger partial charge is 0.279 e. The Hall–Kier alpha value is -1.81. The number of benzene rings is 1. The monoisotopic (exact) mass is 466 g/mol. The number of hydrogen-bond acceptors (Lipinski definition) is 4. The molecule has 0 radical (unpaired) electrons. The predicted molar refractivity (Wildman–Crippen MR) is 104 cm³/mol. The summed E-state index contributed by atoms with van der Waals surface area (Å²) in [5, 5.41) is 0.342. The number of nitrogens with one attached hydrogen (secondary N) is 1. The van der Waals surface area contributed by atoms with E-state index in [1.165, 1.54) is 18.2 Å². The van der Waals surface area contributed by atoms with Crippen LogP contribution in [0.3, 0.4) is 0 Å². The van der Waals surface area contributed by atoms with Gasteiger partial charge in [0.1, 0.15) is 4.21 Å². The number of hydrogen-bond donors (Lipinski definition) is 1. The van der Waals surface area contributed by atoms with Gasteiger partial charge in [-0.1, -0.05) is 23.2 Å². The Balaban J connectivity index is 1.77. The minimum atomic E-state index is -4.54. The Bertz CT molecular complexity index is 1100. The van der Waals surface area contributed by atoms with Crippen LogP contribution in [0, 0.1) is 0 Å². The summed E-state index contributed by atoms with van der Waals surface area (Å²) in [4.78, 5) is 4.35. The van der Waals surface area contributed by atoms with Crippen LogP contribution in [-0.2, 0) is 22.6 Å². The molecule has 3 aromatic rings. The van der Waals surface area contributed by atoms with Crippen LogP contribution in [0.4, 0.5) is 18.9 Å². The summed E-state index contributed by atoms with van der Waals surface area (Å²) < 4.78 is 65.5. The normalized spacial score (nSPS) is 12.2. The summed E-state index contributed by atoms with van der Waals surface area (Å²) in [5.41, 5.74) is -0.360. The summed E-state index contributed by atoms with van der Waals surface area (Å²) in [6, 6.07) is 9.94. The minimum Gasteiger partial charge on any atom is -0.279 e. The van der Waals surface area contributed by atoms with E-state index in [1.54, 1.807) is 18.2 Å². The minimum absolute atomic E-state index is 0.0560. The number of sulfonamides is 1. The van der Waals surface area contributed by atoms with Crippen molar-refractivity contribution in [3.8, 4) is 0 Å². The van der Waals surface area contributed by atoms with E-state index in [9.17, 15) is 21.6 Å². The summed E-state index contributed by atoms with van der Waals surface area (Å²) in [5.74, 6) is 0. The van der Waals surface area contributed by atoms with Crippen LogP contribution < -0.4 is 4.72 Å². The van der Waals surface area contributed by atoms with Gasteiger partial charge in [-0.25, -0.2) is 8.42 Å². The van der Waals surface area contributed by atoms with E-state index in [4.69, 9.17) is 23.2 Å². The van der Waals surface area contributed by atoms with E-state index in [2.05, 4.69) is 9.71 Å². The van der Waals surface area contributed by atoms with Gasteiger partial charge in [0, 0.05) is 28.2 Å². The highest BCUT2D eigenvalue weighted by atomic mass is 35.5. The second-order valence-electron chi connectivity index (χ2n) is 5.66. The van der Waals surface area contributed by atoms with Crippen molar-refractivity contribution in [3.05, 3.63) is 74.8 Å². The molecule has 28 heavy (non-hydrogen) atoms. The zero-order chi connectivity index (χ0) is 20.5. The zero-order valence-electron chi connectivity index (χ0n) is 13.8. The van der Waals surface area contributed by atoms with Gasteiger partial charge in [-0.15, -0.1) is 11.3 Å². The second kappa shape index (κ2) is 7.90. The Morgan fingerprint density at radius 1 is 1.07 bits per heavy atom. The Labute approximate surface area is 173 Å². The number of rotatable bonds is 5. The molecule has 11 heteroatoms. The fraction of sp³-hybridized carbons (Fsp3) is 0.118. The molecule has 0 aliphatic carbocycles. The number of halogens is 5. The lowest BCUT2D eigenvalue weighted by molar-refractivity contribution is -0.137. The maximum absolute atomic E-state index is 12.7. The topological polar surface area (TPSA) is 59.1 Å². The highest BCUT2D eigenvalue weighted by Gasteiger charge is 2.31. The van der Waals surface area contributed by atoms with Gasteiger partial charge >= 0.3 is 6.18 Å². The van der Waals surface area contributed by atoms with Crippen LogP contribution in [-0.4, -0.2) is 13.4 Å². The quantitative estimate of drug-likeness (QED) is 0.512. The number of alkyl halides is 3. The summed E-state index contributed by atoms with van der Waals surface area (Å²) in [6.07, 6.45) is -3.72. The molecule has 1 aromatic carbocycles. The first-order valence-electron chi connectivity index (χ1n) is 7.63. The van der Waals surface area contributed by atoms with Crippen molar-refractivity contribution in [1.82, 2.24) is 4.98 Å². The summed E-state index contributed by atoms with van der Waals surface area (Å²) in [7, 11) is -3.81. The van der Waals surface area contributed by atoms with Crippen LogP contribution in [0.1, 0.15) is 16.1 Å². The average molecular weight is 467 g/mol. The third kappa shape index (κ3) is 4.96. The molecule has 0 aliphatic heterocycles. The molecule has 0 saturated carbocycles. The lowest BCUT2D eigenvalue weighted by Gasteiger charge is -2.08. The molecule has 0 fully saturated rings. The number of aromatic nitrogens is 1. The third-order valence-electron chi connectivity index (χ3n) is 3.58. The largest absolute Gasteiger partial charge is 0.417 e. The molecule has 4 nitrogen and oxygen atoms in total. The highest BCUT2D eigenvalue weighted by molar-refractivity contribution is 7.94. The van der Waals surface area contributed by atoms with Crippen LogP contribution in [0.5, 0.6) is 0 Å². The van der Waals surface area contributed by atoms with Crippen LogP contribution in [0.15, 0.2) is 52.9 Å². The maximum atomic E-state index is 12.7. The van der Waals surface area contributed by atoms with Crippen molar-refractivity contribution < 1.29 is 21.6 Å². The van der Waals surface area contributed by atoms with E-state index in [0.717, 1.165) is 17.4 Å². The fourth-order valence-electron chi connectivity index (χ4n) is 2.24. The van der Waals surface area contributed by atoms with Crippen molar-refractivity contribution in [2.24, 2.45) is 0 Å². The Morgan fingerprint density at radius 3 is 2.36 bits per heavy atom. The predicted octanol–water partition coefficient (Wildman–Crippen LogP) is 5.86. The van der Waals surface area contributed by atoms with Gasteiger partial charge < -0.3 is 0 Å². The molecule has 0 unspecified atom stereocenters. The molecule has 2 aromatic heterocycles. The van der Waals surface area contributed by atoms with Crippen molar-refractivity contribution >= 4 is 50.2 Å². The van der Waals surface area contributed by atoms with E-state index in [-0.39, 0.29) is 21.3 Å². The number of nitrogens with zero attached hydrogens (tertiary/aromatic N) is 1. The van der Waals surface area contributed by atoms with Gasteiger partial charge in [0.2, 0.25) is 0 Å². The number of anilines is 1. The molecule has 0 atom stereocenters. The van der Waals surface area contributed by atoms with Crippen molar-refractivity contribution in [2.75, 3.05) is 4.72 Å². The zero-order valence-corrected chi connectivity index (χ0v) is 16.9. The van der Waals surface area contributed by atoms with Crippen LogP contribution in [0.25, 0.3) is 0 Å². The third-order valence-corrected chi connectivity index (χ3v) is 7.12. The summed E-state index contributed by atoms with van der Waals surface area (Å²) >= 11 is 12.7. The number of thiophene rings is 1. The molecule has 0 spiro atoms. The van der Waals surface area contributed by atoms with Crippen molar-refractivity contribution in [3.63, 3.8) is 0 Å². The van der Waals surface area contributed by atoms with Gasteiger partial charge in [0.25, 0.3) is 10.0 Å². The van der Waals surface area contributed by atoms with Crippen molar-refractivity contribution in [2.45, 2.75) is 16.8 Å². The molecule has 0 saturated heterocycles. The first-order chi connectivity index (χ1) is 13.0. The second-order valence-corrected chi connectivity index (χ2v) is 9.58. The highest BCUT2D eigenvalue weighted by Crippen LogP contribution is 2.32. The molecular weight excluding hydrogens is 456 g/mol. The first-order valence-corrected chi connectivity index (χ1v) is 10.7. The molecule has 0 bridgehead atoms. The molecule has 0 aliphatic rings. The lowest BCUT2D eigenvalue weighted by Crippen LogP contribution is -2.11. The average Bonchev–Trinajstić information content (AvgIpc) is 3.07. The molecular formula is C17H11Cl2F3N2O2S2. The van der Waals surface area contributed by atoms with Gasteiger partial charge in [-0.3, -0.25) is 9.71 Å². The van der Waals surface area contributed by atoms with Gasteiger partial charge in [0.05, 0.1) is 16.3 Å². The van der Waals surface area contributed by atoms with E-state index >= 15 is 0 Å². The van der Waals surface area contributed by atoms with Crippen LogP contribution >= 0.6 is 34.5 Å². The van der Waals surface area contributed by atoms with Gasteiger partial charge in [0.15, 0.2) is 0 Å². The van der Waals surface area contributed by atoms with Crippen LogP contribution in [0.2, 0.25) is 10.0 Å². The molecule has 3 rings (SSSR count). The summed E-state index contributed by atoms with van der Waals surface area (Å²) in [6.45, 7) is 0. The lowest BCUT2D eigenvalue weighted by atomic mass is 10.2. The molecule has 2 heterocycles. The number of pyridine rings is 1. The van der Waals surface area contributed by atoms with Crippen molar-refractivity contribution in [1.29, 1.82) is 0 Å². The molecule has 1 N–H and O–H groups in total. The Kier molecular flexibility index (Phi) is 5.90. The van der Waals surface area contributed by atoms with Gasteiger partial charge in [-0.05, 0) is 42.5 Å². The standard InChI is InChI=1S/C17H11Cl2F3N2O2S2/c18-11-1-3-12(4-2-11)24-28(25,26)16-6-5-13(27-16)8-15-14(19)7-10(9-23-15)17(20,21)22/h1-7,9,24H,8H2. The molecule has 148 valence electrons.